The second-order valence-electron chi connectivity index (χ2n) is 7.66. The van der Waals surface area contributed by atoms with Gasteiger partial charge in [0.1, 0.15) is 0 Å². The summed E-state index contributed by atoms with van der Waals surface area (Å²) in [6.07, 6.45) is 3.80. The third-order valence-electron chi connectivity index (χ3n) is 4.28. The molecule has 1 aromatic rings. The van der Waals surface area contributed by atoms with E-state index in [0.717, 1.165) is 38.6 Å². The Balaban J connectivity index is 1.85. The number of nitrogens with one attached hydrogen (secondary N) is 1. The molecule has 0 unspecified atom stereocenters. The standard InChI is InChI=1S/C19H32N4O2/c1-5-20-18(21-10-7-9-19(2,3)4)23-13-11-22(12-14-23)17(24)16-8-6-15-25-16/h6,8,15H,5,7,9-14H2,1-4H3,(H,20,21). The SMILES string of the molecule is CCNC(=NCCCC(C)(C)C)N1CCN(C(=O)c2ccco2)CC1. The van der Waals surface area contributed by atoms with Gasteiger partial charge in [0.2, 0.25) is 0 Å². The van der Waals surface area contributed by atoms with Crippen molar-refractivity contribution in [2.24, 2.45) is 10.4 Å². The summed E-state index contributed by atoms with van der Waals surface area (Å²) in [6, 6.07) is 3.46. The van der Waals surface area contributed by atoms with E-state index in [1.54, 1.807) is 12.1 Å². The Hall–Kier alpha value is -1.98. The Morgan fingerprint density at radius 2 is 1.92 bits per heavy atom. The summed E-state index contributed by atoms with van der Waals surface area (Å²) in [4.78, 5) is 21.2. The van der Waals surface area contributed by atoms with E-state index in [1.807, 2.05) is 4.90 Å². The van der Waals surface area contributed by atoms with Gasteiger partial charge in [0.05, 0.1) is 6.26 Å². The van der Waals surface area contributed by atoms with E-state index in [1.165, 1.54) is 12.7 Å². The van der Waals surface area contributed by atoms with Crippen LogP contribution in [0.1, 0.15) is 51.1 Å². The maximum Gasteiger partial charge on any atom is 0.289 e. The largest absolute Gasteiger partial charge is 0.459 e. The molecule has 0 aliphatic carbocycles. The van der Waals surface area contributed by atoms with Crippen molar-refractivity contribution in [2.45, 2.75) is 40.5 Å². The molecule has 0 atom stereocenters. The highest BCUT2D eigenvalue weighted by atomic mass is 16.3. The molecule has 1 aliphatic heterocycles. The van der Waals surface area contributed by atoms with Crippen molar-refractivity contribution in [3.05, 3.63) is 24.2 Å². The van der Waals surface area contributed by atoms with Gasteiger partial charge in [0.25, 0.3) is 5.91 Å². The Morgan fingerprint density at radius 3 is 2.48 bits per heavy atom. The molecule has 6 heteroatoms. The smallest absolute Gasteiger partial charge is 0.289 e. The van der Waals surface area contributed by atoms with Crippen LogP contribution < -0.4 is 5.32 Å². The molecule has 0 bridgehead atoms. The van der Waals surface area contributed by atoms with Crippen LogP contribution in [0, 0.1) is 5.41 Å². The topological polar surface area (TPSA) is 61.1 Å². The maximum atomic E-state index is 12.3. The highest BCUT2D eigenvalue weighted by molar-refractivity contribution is 5.91. The zero-order valence-electron chi connectivity index (χ0n) is 16.0. The summed E-state index contributed by atoms with van der Waals surface area (Å²) in [5, 5.41) is 3.38. The minimum atomic E-state index is -0.0308. The lowest BCUT2D eigenvalue weighted by Crippen LogP contribution is -2.53. The average Bonchev–Trinajstić information content (AvgIpc) is 3.11. The number of furan rings is 1. The molecule has 1 amide bonds. The van der Waals surface area contributed by atoms with Gasteiger partial charge in [-0.1, -0.05) is 20.8 Å². The zero-order chi connectivity index (χ0) is 18.3. The van der Waals surface area contributed by atoms with Gasteiger partial charge in [-0.05, 0) is 37.3 Å². The van der Waals surface area contributed by atoms with Crippen molar-refractivity contribution < 1.29 is 9.21 Å². The highest BCUT2D eigenvalue weighted by Gasteiger charge is 2.25. The summed E-state index contributed by atoms with van der Waals surface area (Å²) in [5.41, 5.74) is 0.353. The van der Waals surface area contributed by atoms with Gasteiger partial charge in [-0.3, -0.25) is 9.79 Å². The van der Waals surface area contributed by atoms with E-state index >= 15 is 0 Å². The fraction of sp³-hybridized carbons (Fsp3) is 0.684. The van der Waals surface area contributed by atoms with Crippen LogP contribution in [-0.2, 0) is 0 Å². The molecule has 25 heavy (non-hydrogen) atoms. The van der Waals surface area contributed by atoms with Crippen molar-refractivity contribution >= 4 is 11.9 Å². The number of rotatable bonds is 5. The monoisotopic (exact) mass is 348 g/mol. The van der Waals surface area contributed by atoms with Crippen LogP contribution in [0.5, 0.6) is 0 Å². The lowest BCUT2D eigenvalue weighted by molar-refractivity contribution is 0.0657. The molecule has 1 fully saturated rings. The molecular weight excluding hydrogens is 316 g/mol. The van der Waals surface area contributed by atoms with E-state index in [2.05, 4.69) is 37.9 Å². The molecule has 1 saturated heterocycles. The number of carbonyl (C=O) groups is 1. The second kappa shape index (κ2) is 8.92. The number of piperazine rings is 1. The minimum absolute atomic E-state index is 0.0308. The third-order valence-corrected chi connectivity index (χ3v) is 4.28. The Bertz CT molecular complexity index is 552. The number of nitrogens with zero attached hydrogens (tertiary/aromatic N) is 3. The molecule has 1 aliphatic rings. The predicted octanol–water partition coefficient (Wildman–Crippen LogP) is 2.83. The van der Waals surface area contributed by atoms with Gasteiger partial charge < -0.3 is 19.5 Å². The first-order chi connectivity index (χ1) is 11.9. The number of hydrogen-bond acceptors (Lipinski definition) is 3. The van der Waals surface area contributed by atoms with Crippen LogP contribution in [-0.4, -0.2) is 60.9 Å². The molecule has 0 aromatic carbocycles. The van der Waals surface area contributed by atoms with Gasteiger partial charge in [-0.25, -0.2) is 0 Å². The van der Waals surface area contributed by atoms with Crippen molar-refractivity contribution in [1.82, 2.24) is 15.1 Å². The van der Waals surface area contributed by atoms with Gasteiger partial charge in [-0.2, -0.15) is 0 Å². The molecule has 0 radical (unpaired) electrons. The van der Waals surface area contributed by atoms with Crippen molar-refractivity contribution in [3.63, 3.8) is 0 Å². The normalized spacial score (nSPS) is 16.2. The Kier molecular flexibility index (Phi) is 6.91. The number of aliphatic imine (C=N–C) groups is 1. The lowest BCUT2D eigenvalue weighted by Gasteiger charge is -2.36. The summed E-state index contributed by atoms with van der Waals surface area (Å²) in [7, 11) is 0. The fourth-order valence-corrected chi connectivity index (χ4v) is 2.90. The molecule has 1 N–H and O–H groups in total. The molecule has 2 rings (SSSR count). The van der Waals surface area contributed by atoms with Gasteiger partial charge >= 0.3 is 0 Å². The number of amides is 1. The van der Waals surface area contributed by atoms with Crippen LogP contribution in [0.2, 0.25) is 0 Å². The molecule has 0 saturated carbocycles. The van der Waals surface area contributed by atoms with Crippen molar-refractivity contribution in [1.29, 1.82) is 0 Å². The predicted molar refractivity (Wildman–Crippen MR) is 101 cm³/mol. The van der Waals surface area contributed by atoms with Gasteiger partial charge in [0.15, 0.2) is 11.7 Å². The summed E-state index contributed by atoms with van der Waals surface area (Å²) < 4.78 is 5.21. The number of guanidine groups is 1. The molecule has 2 heterocycles. The van der Waals surface area contributed by atoms with E-state index in [-0.39, 0.29) is 5.91 Å². The average molecular weight is 348 g/mol. The van der Waals surface area contributed by atoms with E-state index in [4.69, 9.17) is 9.41 Å². The molecule has 0 spiro atoms. The van der Waals surface area contributed by atoms with Crippen LogP contribution in [0.15, 0.2) is 27.8 Å². The number of hydrogen-bond donors (Lipinski definition) is 1. The molecular formula is C19H32N4O2. The quantitative estimate of drug-likeness (QED) is 0.505. The molecule has 6 nitrogen and oxygen atoms in total. The summed E-state index contributed by atoms with van der Waals surface area (Å²) in [6.45, 7) is 13.5. The molecule has 140 valence electrons. The van der Waals surface area contributed by atoms with Crippen LogP contribution in [0.4, 0.5) is 0 Å². The maximum absolute atomic E-state index is 12.3. The van der Waals surface area contributed by atoms with E-state index in [0.29, 0.717) is 24.3 Å². The Morgan fingerprint density at radius 1 is 1.24 bits per heavy atom. The van der Waals surface area contributed by atoms with Crippen molar-refractivity contribution in [3.8, 4) is 0 Å². The zero-order valence-corrected chi connectivity index (χ0v) is 16.0. The number of carbonyl (C=O) groups excluding carboxylic acids is 1. The van der Waals surface area contributed by atoms with Crippen molar-refractivity contribution in [2.75, 3.05) is 39.3 Å². The first-order valence-electron chi connectivity index (χ1n) is 9.27. The Labute approximate surface area is 151 Å². The van der Waals surface area contributed by atoms with Gasteiger partial charge in [0, 0.05) is 39.3 Å². The van der Waals surface area contributed by atoms with Crippen LogP contribution >= 0.6 is 0 Å². The van der Waals surface area contributed by atoms with E-state index in [9.17, 15) is 4.79 Å². The summed E-state index contributed by atoms with van der Waals surface area (Å²) >= 11 is 0. The minimum Gasteiger partial charge on any atom is -0.459 e. The van der Waals surface area contributed by atoms with Gasteiger partial charge in [-0.15, -0.1) is 0 Å². The first-order valence-corrected chi connectivity index (χ1v) is 9.27. The summed E-state index contributed by atoms with van der Waals surface area (Å²) in [5.74, 6) is 1.34. The van der Waals surface area contributed by atoms with Crippen LogP contribution in [0.3, 0.4) is 0 Å². The molecule has 1 aromatic heterocycles. The van der Waals surface area contributed by atoms with E-state index < -0.39 is 0 Å². The van der Waals surface area contributed by atoms with Crippen LogP contribution in [0.25, 0.3) is 0 Å². The lowest BCUT2D eigenvalue weighted by atomic mass is 9.91. The third kappa shape index (κ3) is 6.11. The first kappa shape index (κ1) is 19.3. The second-order valence-corrected chi connectivity index (χ2v) is 7.66. The fourth-order valence-electron chi connectivity index (χ4n) is 2.90. The highest BCUT2D eigenvalue weighted by Crippen LogP contribution is 2.20.